The maximum absolute atomic E-state index is 13.1. The number of methoxy groups -OCH3 is 2. The van der Waals surface area contributed by atoms with Gasteiger partial charge < -0.3 is 24.2 Å². The number of carbonyl (C=O) groups is 2. The number of benzene rings is 2. The molecule has 0 bridgehead atoms. The SMILES string of the molecule is COCCCN1C(=O)C(=O)/C(=C(\O)c2ccccc2OC)C1c1ccc(OC(C)C)cc1. The number of hydrogen-bond donors (Lipinski definition) is 1. The lowest BCUT2D eigenvalue weighted by Gasteiger charge is -2.25. The van der Waals surface area contributed by atoms with Crippen molar-refractivity contribution in [2.24, 2.45) is 0 Å². The van der Waals surface area contributed by atoms with Crippen molar-refractivity contribution in [1.29, 1.82) is 0 Å². The summed E-state index contributed by atoms with van der Waals surface area (Å²) in [6.45, 7) is 4.64. The zero-order chi connectivity index (χ0) is 23.3. The van der Waals surface area contributed by atoms with E-state index >= 15 is 0 Å². The Balaban J connectivity index is 2.11. The Kier molecular flexibility index (Phi) is 7.53. The highest BCUT2D eigenvalue weighted by Gasteiger charge is 2.46. The van der Waals surface area contributed by atoms with Crippen molar-refractivity contribution in [1.82, 2.24) is 4.90 Å². The predicted molar refractivity (Wildman–Crippen MR) is 121 cm³/mol. The summed E-state index contributed by atoms with van der Waals surface area (Å²) in [5, 5.41) is 11.2. The second-order valence-electron chi connectivity index (χ2n) is 7.77. The molecule has 3 rings (SSSR count). The zero-order valence-electron chi connectivity index (χ0n) is 18.8. The fourth-order valence-electron chi connectivity index (χ4n) is 3.82. The van der Waals surface area contributed by atoms with Crippen LogP contribution in [0.3, 0.4) is 0 Å². The molecule has 0 spiro atoms. The number of para-hydroxylation sites is 1. The molecule has 32 heavy (non-hydrogen) atoms. The molecular formula is C25H29NO6. The Morgan fingerprint density at radius 2 is 1.75 bits per heavy atom. The molecule has 1 N–H and O–H groups in total. The van der Waals surface area contributed by atoms with Crippen molar-refractivity contribution in [3.63, 3.8) is 0 Å². The maximum atomic E-state index is 13.1. The Hall–Kier alpha value is -3.32. The fourth-order valence-corrected chi connectivity index (χ4v) is 3.82. The largest absolute Gasteiger partial charge is 0.507 e. The number of carbonyl (C=O) groups excluding carboxylic acids is 2. The number of aliphatic hydroxyl groups is 1. The van der Waals surface area contributed by atoms with Crippen molar-refractivity contribution >= 4 is 17.4 Å². The van der Waals surface area contributed by atoms with Gasteiger partial charge in [-0.1, -0.05) is 24.3 Å². The van der Waals surface area contributed by atoms with Gasteiger partial charge in [0.1, 0.15) is 17.3 Å². The molecule has 0 saturated carbocycles. The summed E-state index contributed by atoms with van der Waals surface area (Å²) in [6, 6.07) is 13.3. The predicted octanol–water partition coefficient (Wildman–Crippen LogP) is 3.94. The topological polar surface area (TPSA) is 85.3 Å². The van der Waals surface area contributed by atoms with Crippen molar-refractivity contribution in [3.8, 4) is 11.5 Å². The number of amides is 1. The lowest BCUT2D eigenvalue weighted by molar-refractivity contribution is -0.140. The van der Waals surface area contributed by atoms with E-state index in [9.17, 15) is 14.7 Å². The summed E-state index contributed by atoms with van der Waals surface area (Å²) >= 11 is 0. The Morgan fingerprint density at radius 3 is 2.38 bits per heavy atom. The molecule has 2 aromatic rings. The van der Waals surface area contributed by atoms with E-state index in [1.165, 1.54) is 12.0 Å². The number of nitrogens with zero attached hydrogens (tertiary/aromatic N) is 1. The molecule has 7 nitrogen and oxygen atoms in total. The molecule has 1 aliphatic rings. The molecular weight excluding hydrogens is 410 g/mol. The van der Waals surface area contributed by atoms with Crippen LogP contribution in [0.2, 0.25) is 0 Å². The average Bonchev–Trinajstić information content (AvgIpc) is 3.04. The van der Waals surface area contributed by atoms with Crippen LogP contribution in [0.25, 0.3) is 5.76 Å². The highest BCUT2D eigenvalue weighted by atomic mass is 16.5. The number of rotatable bonds is 9. The number of likely N-dealkylation sites (tertiary alicyclic amines) is 1. The third-order valence-electron chi connectivity index (χ3n) is 5.22. The quantitative estimate of drug-likeness (QED) is 0.276. The van der Waals surface area contributed by atoms with Gasteiger partial charge >= 0.3 is 0 Å². The first kappa shape index (κ1) is 23.3. The van der Waals surface area contributed by atoms with Gasteiger partial charge in [-0.2, -0.15) is 0 Å². The molecule has 0 radical (unpaired) electrons. The normalized spacial score (nSPS) is 17.8. The minimum Gasteiger partial charge on any atom is -0.507 e. The average molecular weight is 440 g/mol. The highest BCUT2D eigenvalue weighted by molar-refractivity contribution is 6.46. The van der Waals surface area contributed by atoms with Crippen molar-refractivity contribution in [2.75, 3.05) is 27.4 Å². The van der Waals surface area contributed by atoms with Crippen LogP contribution in [0.5, 0.6) is 11.5 Å². The van der Waals surface area contributed by atoms with E-state index in [2.05, 4.69) is 0 Å². The van der Waals surface area contributed by atoms with Crippen LogP contribution in [0.4, 0.5) is 0 Å². The Bertz CT molecular complexity index is 996. The van der Waals surface area contributed by atoms with E-state index in [4.69, 9.17) is 14.2 Å². The maximum Gasteiger partial charge on any atom is 0.295 e. The van der Waals surface area contributed by atoms with Gasteiger partial charge in [-0.15, -0.1) is 0 Å². The molecule has 1 aliphatic heterocycles. The minimum absolute atomic E-state index is 0.0195. The lowest BCUT2D eigenvalue weighted by Crippen LogP contribution is -2.31. The summed E-state index contributed by atoms with van der Waals surface area (Å²) in [4.78, 5) is 27.5. The molecule has 1 heterocycles. The van der Waals surface area contributed by atoms with E-state index in [-0.39, 0.29) is 17.4 Å². The highest BCUT2D eigenvalue weighted by Crippen LogP contribution is 2.41. The summed E-state index contributed by atoms with van der Waals surface area (Å²) in [5.74, 6) is -0.536. The van der Waals surface area contributed by atoms with Crippen LogP contribution in [0.1, 0.15) is 37.4 Å². The van der Waals surface area contributed by atoms with Gasteiger partial charge in [0.25, 0.3) is 11.7 Å². The summed E-state index contributed by atoms with van der Waals surface area (Å²) in [6.07, 6.45) is 0.578. The van der Waals surface area contributed by atoms with Crippen LogP contribution in [-0.4, -0.2) is 55.2 Å². The number of Topliss-reactive ketones (excluding diaryl/α,β-unsaturated/α-hetero) is 1. The molecule has 1 amide bonds. The molecule has 2 aromatic carbocycles. The van der Waals surface area contributed by atoms with Gasteiger partial charge in [0.05, 0.1) is 30.4 Å². The van der Waals surface area contributed by atoms with Crippen LogP contribution < -0.4 is 9.47 Å². The molecule has 170 valence electrons. The lowest BCUT2D eigenvalue weighted by atomic mass is 9.95. The zero-order valence-corrected chi connectivity index (χ0v) is 18.8. The van der Waals surface area contributed by atoms with Gasteiger partial charge in [0, 0.05) is 20.3 Å². The number of hydrogen-bond acceptors (Lipinski definition) is 6. The van der Waals surface area contributed by atoms with Crippen LogP contribution in [-0.2, 0) is 14.3 Å². The summed E-state index contributed by atoms with van der Waals surface area (Å²) in [5.41, 5.74) is 1.10. The van der Waals surface area contributed by atoms with Crippen molar-refractivity contribution in [2.45, 2.75) is 32.4 Å². The second kappa shape index (κ2) is 10.3. The number of ether oxygens (including phenoxy) is 3. The first-order chi connectivity index (χ1) is 15.4. The second-order valence-corrected chi connectivity index (χ2v) is 7.77. The van der Waals surface area contributed by atoms with E-state index < -0.39 is 17.7 Å². The minimum atomic E-state index is -0.732. The summed E-state index contributed by atoms with van der Waals surface area (Å²) < 4.78 is 16.2. The standard InChI is InChI=1S/C25H29NO6/c1-16(2)32-18-12-10-17(11-13-18)22-21(23(27)19-8-5-6-9-20(19)31-4)24(28)25(29)26(22)14-7-15-30-3/h5-6,8-13,16,22,27H,7,14-15H2,1-4H3/b23-21-. The van der Waals surface area contributed by atoms with Crippen LogP contribution >= 0.6 is 0 Å². The molecule has 1 atom stereocenters. The van der Waals surface area contributed by atoms with E-state index in [0.717, 1.165) is 0 Å². The molecule has 1 unspecified atom stereocenters. The van der Waals surface area contributed by atoms with E-state index in [0.29, 0.717) is 42.2 Å². The van der Waals surface area contributed by atoms with Gasteiger partial charge in [0.2, 0.25) is 0 Å². The molecule has 1 fully saturated rings. The van der Waals surface area contributed by atoms with Crippen LogP contribution in [0, 0.1) is 0 Å². The van der Waals surface area contributed by atoms with Gasteiger partial charge in [0.15, 0.2) is 0 Å². The molecule has 1 saturated heterocycles. The van der Waals surface area contributed by atoms with E-state index in [1.807, 2.05) is 26.0 Å². The monoisotopic (exact) mass is 439 g/mol. The van der Waals surface area contributed by atoms with Gasteiger partial charge in [-0.3, -0.25) is 9.59 Å². The smallest absolute Gasteiger partial charge is 0.295 e. The third-order valence-corrected chi connectivity index (χ3v) is 5.22. The number of aliphatic hydroxyl groups excluding tert-OH is 1. The van der Waals surface area contributed by atoms with Crippen molar-refractivity contribution < 1.29 is 28.9 Å². The fraction of sp³-hybridized carbons (Fsp3) is 0.360. The Morgan fingerprint density at radius 1 is 1.06 bits per heavy atom. The van der Waals surface area contributed by atoms with Gasteiger partial charge in [-0.05, 0) is 50.1 Å². The molecule has 0 aliphatic carbocycles. The molecule has 0 aromatic heterocycles. The first-order valence-corrected chi connectivity index (χ1v) is 10.6. The van der Waals surface area contributed by atoms with Crippen molar-refractivity contribution in [3.05, 3.63) is 65.2 Å². The van der Waals surface area contributed by atoms with Crippen LogP contribution in [0.15, 0.2) is 54.1 Å². The first-order valence-electron chi connectivity index (χ1n) is 10.6. The summed E-state index contributed by atoms with van der Waals surface area (Å²) in [7, 11) is 3.07. The van der Waals surface area contributed by atoms with E-state index in [1.54, 1.807) is 43.5 Å². The molecule has 7 heteroatoms. The number of ketones is 1. The Labute approximate surface area is 188 Å². The van der Waals surface area contributed by atoms with Gasteiger partial charge in [-0.25, -0.2) is 0 Å². The third kappa shape index (κ3) is 4.78.